The molecule has 6 nitrogen and oxygen atoms in total. The van der Waals surface area contributed by atoms with Crippen molar-refractivity contribution in [3.8, 4) is 5.69 Å². The number of imidazole rings is 1. The second-order valence-electron chi connectivity index (χ2n) is 6.96. The largest absolute Gasteiger partial charge is 0.344 e. The molecule has 2 N–H and O–H groups in total. The van der Waals surface area contributed by atoms with E-state index in [-0.39, 0.29) is 24.2 Å². The number of aromatic nitrogens is 2. The van der Waals surface area contributed by atoms with Crippen LogP contribution in [-0.2, 0) is 16.0 Å². The second kappa shape index (κ2) is 8.99. The summed E-state index contributed by atoms with van der Waals surface area (Å²) in [5.41, 5.74) is 2.54. The predicted molar refractivity (Wildman–Crippen MR) is 109 cm³/mol. The average molecular weight is 376 g/mol. The zero-order valence-corrected chi connectivity index (χ0v) is 16.0. The molecular formula is C22H24N4O2. The van der Waals surface area contributed by atoms with Crippen LogP contribution >= 0.6 is 0 Å². The van der Waals surface area contributed by atoms with Gasteiger partial charge in [-0.15, -0.1) is 0 Å². The monoisotopic (exact) mass is 376 g/mol. The molecule has 28 heavy (non-hydrogen) atoms. The molecular weight excluding hydrogens is 352 g/mol. The summed E-state index contributed by atoms with van der Waals surface area (Å²) in [7, 11) is 0. The van der Waals surface area contributed by atoms with Gasteiger partial charge < -0.3 is 15.2 Å². The van der Waals surface area contributed by atoms with E-state index in [1.165, 1.54) is 0 Å². The molecule has 0 saturated carbocycles. The minimum atomic E-state index is -0.607. The summed E-state index contributed by atoms with van der Waals surface area (Å²) in [4.78, 5) is 29.1. The Morgan fingerprint density at radius 3 is 2.36 bits per heavy atom. The Labute approximate surface area is 164 Å². The lowest BCUT2D eigenvalue weighted by Gasteiger charge is -2.22. The molecule has 3 rings (SSSR count). The number of hydrogen-bond acceptors (Lipinski definition) is 3. The quantitative estimate of drug-likeness (QED) is 0.665. The molecule has 2 amide bonds. The van der Waals surface area contributed by atoms with E-state index in [1.54, 1.807) is 12.5 Å². The third-order valence-electron chi connectivity index (χ3n) is 4.41. The van der Waals surface area contributed by atoms with Crippen molar-refractivity contribution in [2.24, 2.45) is 5.92 Å². The van der Waals surface area contributed by atoms with Crippen molar-refractivity contribution in [2.75, 3.05) is 5.32 Å². The van der Waals surface area contributed by atoms with E-state index in [1.807, 2.05) is 79.2 Å². The lowest BCUT2D eigenvalue weighted by Crippen LogP contribution is -2.47. The molecule has 6 heteroatoms. The van der Waals surface area contributed by atoms with Gasteiger partial charge in [0.25, 0.3) is 0 Å². The minimum absolute atomic E-state index is 0.0371. The van der Waals surface area contributed by atoms with Crippen LogP contribution in [0.25, 0.3) is 5.69 Å². The first-order valence-electron chi connectivity index (χ1n) is 9.25. The molecule has 0 fully saturated rings. The average Bonchev–Trinajstić information content (AvgIpc) is 3.22. The van der Waals surface area contributed by atoms with Crippen LogP contribution in [0.3, 0.4) is 0 Å². The zero-order valence-electron chi connectivity index (χ0n) is 16.0. The number of rotatable bonds is 7. The highest BCUT2D eigenvalue weighted by Gasteiger charge is 2.24. The summed E-state index contributed by atoms with van der Waals surface area (Å²) >= 11 is 0. The molecule has 3 aromatic rings. The van der Waals surface area contributed by atoms with Gasteiger partial charge >= 0.3 is 0 Å². The van der Waals surface area contributed by atoms with E-state index in [0.717, 1.165) is 11.3 Å². The molecule has 2 aromatic carbocycles. The van der Waals surface area contributed by atoms with E-state index in [0.29, 0.717) is 5.69 Å². The van der Waals surface area contributed by atoms with Gasteiger partial charge in [-0.25, -0.2) is 4.98 Å². The van der Waals surface area contributed by atoms with Gasteiger partial charge in [-0.1, -0.05) is 44.2 Å². The van der Waals surface area contributed by atoms with Gasteiger partial charge in [0.1, 0.15) is 6.04 Å². The van der Waals surface area contributed by atoms with Gasteiger partial charge in [0.05, 0.1) is 12.7 Å². The Kier molecular flexibility index (Phi) is 6.22. The highest BCUT2D eigenvalue weighted by atomic mass is 16.2. The van der Waals surface area contributed by atoms with Gasteiger partial charge in [0, 0.05) is 23.8 Å². The number of anilines is 1. The van der Waals surface area contributed by atoms with E-state index >= 15 is 0 Å². The summed E-state index contributed by atoms with van der Waals surface area (Å²) in [5.74, 6) is -0.438. The number of benzene rings is 2. The van der Waals surface area contributed by atoms with E-state index in [9.17, 15) is 9.59 Å². The molecule has 1 heterocycles. The second-order valence-corrected chi connectivity index (χ2v) is 6.96. The SMILES string of the molecule is CC(C)C(NC(=O)Cc1ccccc1)C(=O)Nc1ccc(-n2ccnc2)cc1. The van der Waals surface area contributed by atoms with Gasteiger partial charge in [-0.05, 0) is 35.7 Å². The fourth-order valence-corrected chi connectivity index (χ4v) is 2.89. The van der Waals surface area contributed by atoms with E-state index in [4.69, 9.17) is 0 Å². The molecule has 0 radical (unpaired) electrons. The van der Waals surface area contributed by atoms with Crippen molar-refractivity contribution in [2.45, 2.75) is 26.3 Å². The van der Waals surface area contributed by atoms with Crippen LogP contribution in [0.4, 0.5) is 5.69 Å². The zero-order chi connectivity index (χ0) is 19.9. The number of carbonyl (C=O) groups is 2. The molecule has 144 valence electrons. The first kappa shape index (κ1) is 19.4. The standard InChI is InChI=1S/C22H24N4O2/c1-16(2)21(25-20(27)14-17-6-4-3-5-7-17)22(28)24-18-8-10-19(11-9-18)26-13-12-23-15-26/h3-13,15-16,21H,14H2,1-2H3,(H,24,28)(H,25,27). The number of nitrogens with zero attached hydrogens (tertiary/aromatic N) is 2. The smallest absolute Gasteiger partial charge is 0.247 e. The van der Waals surface area contributed by atoms with Crippen LogP contribution in [0.15, 0.2) is 73.3 Å². The fourth-order valence-electron chi connectivity index (χ4n) is 2.89. The van der Waals surface area contributed by atoms with Crippen LogP contribution in [0.5, 0.6) is 0 Å². The molecule has 0 aliphatic heterocycles. The molecule has 0 aliphatic carbocycles. The normalized spacial score (nSPS) is 11.8. The summed E-state index contributed by atoms with van der Waals surface area (Å²) in [6, 6.07) is 16.3. The third kappa shape index (κ3) is 5.07. The summed E-state index contributed by atoms with van der Waals surface area (Å²) < 4.78 is 1.88. The van der Waals surface area contributed by atoms with Crippen LogP contribution in [0, 0.1) is 5.92 Å². The van der Waals surface area contributed by atoms with Crippen molar-refractivity contribution in [1.82, 2.24) is 14.9 Å². The lowest BCUT2D eigenvalue weighted by molar-refractivity contribution is -0.127. The van der Waals surface area contributed by atoms with Crippen molar-refractivity contribution in [3.05, 3.63) is 78.9 Å². The van der Waals surface area contributed by atoms with Gasteiger partial charge in [-0.3, -0.25) is 9.59 Å². The Bertz CT molecular complexity index is 903. The van der Waals surface area contributed by atoms with Crippen molar-refractivity contribution < 1.29 is 9.59 Å². The van der Waals surface area contributed by atoms with Crippen LogP contribution in [0.1, 0.15) is 19.4 Å². The lowest BCUT2D eigenvalue weighted by atomic mass is 10.0. The van der Waals surface area contributed by atoms with Crippen molar-refractivity contribution >= 4 is 17.5 Å². The first-order chi connectivity index (χ1) is 13.5. The number of carbonyl (C=O) groups excluding carboxylic acids is 2. The molecule has 1 atom stereocenters. The summed E-state index contributed by atoms with van der Waals surface area (Å²) in [6.07, 6.45) is 5.52. The Morgan fingerprint density at radius 2 is 1.75 bits per heavy atom. The van der Waals surface area contributed by atoms with Crippen LogP contribution in [-0.4, -0.2) is 27.4 Å². The molecule has 1 unspecified atom stereocenters. The third-order valence-corrected chi connectivity index (χ3v) is 4.41. The minimum Gasteiger partial charge on any atom is -0.344 e. The molecule has 0 saturated heterocycles. The Balaban J connectivity index is 1.62. The van der Waals surface area contributed by atoms with Crippen LogP contribution < -0.4 is 10.6 Å². The van der Waals surface area contributed by atoms with Crippen LogP contribution in [0.2, 0.25) is 0 Å². The first-order valence-corrected chi connectivity index (χ1v) is 9.25. The topological polar surface area (TPSA) is 76.0 Å². The van der Waals surface area contributed by atoms with Crippen molar-refractivity contribution in [1.29, 1.82) is 0 Å². The molecule has 1 aromatic heterocycles. The van der Waals surface area contributed by atoms with Gasteiger partial charge in [-0.2, -0.15) is 0 Å². The van der Waals surface area contributed by atoms with Gasteiger partial charge in [0.2, 0.25) is 11.8 Å². The number of nitrogens with one attached hydrogen (secondary N) is 2. The maximum atomic E-state index is 12.7. The highest BCUT2D eigenvalue weighted by Crippen LogP contribution is 2.14. The number of hydrogen-bond donors (Lipinski definition) is 2. The predicted octanol–water partition coefficient (Wildman–Crippen LogP) is 3.19. The maximum Gasteiger partial charge on any atom is 0.247 e. The number of amides is 2. The maximum absolute atomic E-state index is 12.7. The van der Waals surface area contributed by atoms with E-state index < -0.39 is 6.04 Å². The summed E-state index contributed by atoms with van der Waals surface area (Å²) in [6.45, 7) is 3.82. The van der Waals surface area contributed by atoms with Gasteiger partial charge in [0.15, 0.2) is 0 Å². The Hall–Kier alpha value is -3.41. The molecule has 0 aliphatic rings. The van der Waals surface area contributed by atoms with E-state index in [2.05, 4.69) is 15.6 Å². The Morgan fingerprint density at radius 1 is 1.04 bits per heavy atom. The van der Waals surface area contributed by atoms with Crippen molar-refractivity contribution in [3.63, 3.8) is 0 Å². The molecule has 0 bridgehead atoms. The summed E-state index contributed by atoms with van der Waals surface area (Å²) in [5, 5.41) is 5.74. The molecule has 0 spiro atoms. The highest BCUT2D eigenvalue weighted by molar-refractivity contribution is 5.97. The fraction of sp³-hybridized carbons (Fsp3) is 0.227.